The van der Waals surface area contributed by atoms with Gasteiger partial charge in [-0.15, -0.1) is 11.3 Å². The van der Waals surface area contributed by atoms with Crippen molar-refractivity contribution in [3.63, 3.8) is 0 Å². The largest absolute Gasteiger partial charge is 0.442 e. The number of hydrogen-bond donors (Lipinski definition) is 2. The number of nitrogens with zero attached hydrogens (tertiary/aromatic N) is 1. The van der Waals surface area contributed by atoms with E-state index in [0.29, 0.717) is 11.5 Å². The van der Waals surface area contributed by atoms with E-state index >= 15 is 0 Å². The molecule has 2 rings (SSSR count). The maximum absolute atomic E-state index is 12.1. The molecule has 2 heterocycles. The molecule has 20 heavy (non-hydrogen) atoms. The van der Waals surface area contributed by atoms with Crippen molar-refractivity contribution in [2.75, 3.05) is 18.6 Å². The Balaban J connectivity index is 2.06. The third-order valence-electron chi connectivity index (χ3n) is 2.61. The van der Waals surface area contributed by atoms with Crippen LogP contribution in [0.15, 0.2) is 28.3 Å². The molecule has 0 fully saturated rings. The molecule has 2 N–H and O–H groups in total. The average molecular weight is 312 g/mol. The molecular weight excluding hydrogens is 296 g/mol. The molecule has 0 radical (unpaired) electrons. The standard InChI is InChI=1S/C13H16N2O3S2/c1-13(17,7-19-2)6-14-12(16)10-11(18-8-15-10)9-4-3-5-20-9/h3-5,8,17H,6-7H2,1-2H3,(H,14,16). The number of carbonyl (C=O) groups excluding carboxylic acids is 1. The summed E-state index contributed by atoms with van der Waals surface area (Å²) in [6.45, 7) is 1.86. The van der Waals surface area contributed by atoms with Crippen LogP contribution < -0.4 is 5.32 Å². The van der Waals surface area contributed by atoms with Gasteiger partial charge in [0.2, 0.25) is 0 Å². The molecule has 5 nitrogen and oxygen atoms in total. The van der Waals surface area contributed by atoms with Crippen molar-refractivity contribution < 1.29 is 14.3 Å². The van der Waals surface area contributed by atoms with E-state index in [4.69, 9.17) is 4.42 Å². The predicted molar refractivity (Wildman–Crippen MR) is 81.2 cm³/mol. The maximum Gasteiger partial charge on any atom is 0.274 e. The monoisotopic (exact) mass is 312 g/mol. The van der Waals surface area contributed by atoms with Crippen LogP contribution in [-0.2, 0) is 0 Å². The molecule has 1 unspecified atom stereocenters. The zero-order valence-electron chi connectivity index (χ0n) is 11.3. The third-order valence-corrected chi connectivity index (χ3v) is 4.39. The molecule has 0 saturated carbocycles. The van der Waals surface area contributed by atoms with Gasteiger partial charge in [0.25, 0.3) is 5.91 Å². The first-order chi connectivity index (χ1) is 9.53. The average Bonchev–Trinajstić information content (AvgIpc) is 3.05. The molecule has 0 bridgehead atoms. The number of oxazole rings is 1. The van der Waals surface area contributed by atoms with E-state index < -0.39 is 5.60 Å². The second kappa shape index (κ2) is 6.43. The Kier molecular flexibility index (Phi) is 4.85. The summed E-state index contributed by atoms with van der Waals surface area (Å²) in [5, 5.41) is 14.6. The van der Waals surface area contributed by atoms with Crippen molar-refractivity contribution in [1.29, 1.82) is 0 Å². The summed E-state index contributed by atoms with van der Waals surface area (Å²) in [4.78, 5) is 16.9. The highest BCUT2D eigenvalue weighted by molar-refractivity contribution is 7.98. The lowest BCUT2D eigenvalue weighted by Crippen LogP contribution is -2.42. The Morgan fingerprint density at radius 2 is 2.45 bits per heavy atom. The molecule has 2 aromatic rings. The van der Waals surface area contributed by atoms with Gasteiger partial charge in [-0.05, 0) is 24.6 Å². The van der Waals surface area contributed by atoms with Crippen molar-refractivity contribution >= 4 is 29.0 Å². The highest BCUT2D eigenvalue weighted by atomic mass is 32.2. The first-order valence-corrected chi connectivity index (χ1v) is 8.28. The van der Waals surface area contributed by atoms with E-state index in [1.165, 1.54) is 29.5 Å². The first-order valence-electron chi connectivity index (χ1n) is 6.00. The summed E-state index contributed by atoms with van der Waals surface area (Å²) in [7, 11) is 0. The molecule has 0 aromatic carbocycles. The lowest BCUT2D eigenvalue weighted by Gasteiger charge is -2.22. The lowest BCUT2D eigenvalue weighted by atomic mass is 10.1. The number of hydrogen-bond acceptors (Lipinski definition) is 6. The van der Waals surface area contributed by atoms with Gasteiger partial charge in [0.1, 0.15) is 0 Å². The van der Waals surface area contributed by atoms with E-state index in [1.54, 1.807) is 6.92 Å². The zero-order chi connectivity index (χ0) is 14.6. The van der Waals surface area contributed by atoms with Crippen LogP contribution in [0.5, 0.6) is 0 Å². The van der Waals surface area contributed by atoms with Gasteiger partial charge in [-0.1, -0.05) is 6.07 Å². The topological polar surface area (TPSA) is 75.4 Å². The fourth-order valence-electron chi connectivity index (χ4n) is 1.71. The summed E-state index contributed by atoms with van der Waals surface area (Å²) >= 11 is 3.00. The van der Waals surface area contributed by atoms with Gasteiger partial charge in [0.05, 0.1) is 10.5 Å². The van der Waals surface area contributed by atoms with Crippen LogP contribution in [0.2, 0.25) is 0 Å². The molecule has 2 aromatic heterocycles. The molecule has 0 saturated heterocycles. The normalized spacial score (nSPS) is 13.9. The van der Waals surface area contributed by atoms with E-state index in [9.17, 15) is 9.90 Å². The Morgan fingerprint density at radius 3 is 3.10 bits per heavy atom. The highest BCUT2D eigenvalue weighted by Gasteiger charge is 2.24. The minimum absolute atomic E-state index is 0.170. The van der Waals surface area contributed by atoms with Crippen LogP contribution in [0.1, 0.15) is 17.4 Å². The molecule has 1 atom stereocenters. The van der Waals surface area contributed by atoms with Crippen LogP contribution >= 0.6 is 23.1 Å². The van der Waals surface area contributed by atoms with Gasteiger partial charge in [-0.3, -0.25) is 4.79 Å². The fourth-order valence-corrected chi connectivity index (χ4v) is 3.14. The number of thioether (sulfide) groups is 1. The van der Waals surface area contributed by atoms with Crippen LogP contribution in [-0.4, -0.2) is 40.2 Å². The van der Waals surface area contributed by atoms with E-state index in [2.05, 4.69) is 10.3 Å². The Morgan fingerprint density at radius 1 is 1.65 bits per heavy atom. The number of aliphatic hydroxyl groups is 1. The van der Waals surface area contributed by atoms with E-state index in [1.807, 2.05) is 23.8 Å². The van der Waals surface area contributed by atoms with Gasteiger partial charge in [-0.2, -0.15) is 11.8 Å². The Labute approximate surface area is 125 Å². The van der Waals surface area contributed by atoms with E-state index in [-0.39, 0.29) is 18.1 Å². The summed E-state index contributed by atoms with van der Waals surface area (Å²) in [6, 6.07) is 3.75. The van der Waals surface area contributed by atoms with Gasteiger partial charge in [0.15, 0.2) is 17.8 Å². The molecule has 1 amide bonds. The first kappa shape index (κ1) is 15.1. The lowest BCUT2D eigenvalue weighted by molar-refractivity contribution is 0.0722. The summed E-state index contributed by atoms with van der Waals surface area (Å²) < 4.78 is 5.28. The van der Waals surface area contributed by atoms with Crippen molar-refractivity contribution in [3.05, 3.63) is 29.6 Å². The molecule has 0 spiro atoms. The summed E-state index contributed by atoms with van der Waals surface area (Å²) in [5.41, 5.74) is -0.700. The van der Waals surface area contributed by atoms with Gasteiger partial charge in [0, 0.05) is 12.3 Å². The van der Waals surface area contributed by atoms with Crippen LogP contribution in [0.25, 0.3) is 10.6 Å². The van der Waals surface area contributed by atoms with Crippen molar-refractivity contribution in [1.82, 2.24) is 10.3 Å². The molecular formula is C13H16N2O3S2. The Bertz CT molecular complexity index is 564. The van der Waals surface area contributed by atoms with Crippen molar-refractivity contribution in [2.45, 2.75) is 12.5 Å². The minimum atomic E-state index is -0.943. The molecule has 0 aliphatic heterocycles. The predicted octanol–water partition coefficient (Wildman–Crippen LogP) is 2.25. The number of carbonyl (C=O) groups is 1. The van der Waals surface area contributed by atoms with Gasteiger partial charge < -0.3 is 14.8 Å². The van der Waals surface area contributed by atoms with Gasteiger partial charge in [-0.25, -0.2) is 4.98 Å². The molecule has 0 aliphatic carbocycles. The van der Waals surface area contributed by atoms with Crippen molar-refractivity contribution in [2.24, 2.45) is 0 Å². The fraction of sp³-hybridized carbons (Fsp3) is 0.385. The third kappa shape index (κ3) is 3.62. The summed E-state index contributed by atoms with van der Waals surface area (Å²) in [6.07, 6.45) is 3.16. The van der Waals surface area contributed by atoms with Crippen LogP contribution in [0.3, 0.4) is 0 Å². The number of thiophene rings is 1. The number of aromatic nitrogens is 1. The summed E-state index contributed by atoms with van der Waals surface area (Å²) in [5.74, 6) is 0.662. The number of rotatable bonds is 6. The maximum atomic E-state index is 12.1. The number of nitrogens with one attached hydrogen (secondary N) is 1. The molecule has 7 heteroatoms. The quantitative estimate of drug-likeness (QED) is 0.855. The van der Waals surface area contributed by atoms with Crippen LogP contribution in [0.4, 0.5) is 0 Å². The second-order valence-electron chi connectivity index (χ2n) is 4.62. The minimum Gasteiger partial charge on any atom is -0.442 e. The SMILES string of the molecule is CSCC(C)(O)CNC(=O)c1ncoc1-c1cccs1. The highest BCUT2D eigenvalue weighted by Crippen LogP contribution is 2.27. The zero-order valence-corrected chi connectivity index (χ0v) is 12.9. The smallest absolute Gasteiger partial charge is 0.274 e. The molecule has 0 aliphatic rings. The van der Waals surface area contributed by atoms with Crippen molar-refractivity contribution in [3.8, 4) is 10.6 Å². The van der Waals surface area contributed by atoms with Gasteiger partial charge >= 0.3 is 0 Å². The second-order valence-corrected chi connectivity index (χ2v) is 6.43. The van der Waals surface area contributed by atoms with Crippen LogP contribution in [0, 0.1) is 0 Å². The Hall–Kier alpha value is -1.31. The number of amides is 1. The van der Waals surface area contributed by atoms with E-state index in [0.717, 1.165) is 4.88 Å². The molecule has 108 valence electrons.